The van der Waals surface area contributed by atoms with Gasteiger partial charge in [-0.25, -0.2) is 0 Å². The average Bonchev–Trinajstić information content (AvgIpc) is 2.85. The van der Waals surface area contributed by atoms with Gasteiger partial charge in [-0.15, -0.1) is 0 Å². The Hall–Kier alpha value is -1.50. The molecule has 0 N–H and O–H groups in total. The largest absolute Gasteiger partial charge is 0.355 e. The molecule has 1 aromatic rings. The van der Waals surface area contributed by atoms with E-state index in [-0.39, 0.29) is 10.8 Å². The summed E-state index contributed by atoms with van der Waals surface area (Å²) in [6.07, 6.45) is -0.536. The molecule has 0 aromatic heterocycles. The summed E-state index contributed by atoms with van der Waals surface area (Å²) in [5.74, 6) is -0.247. The van der Waals surface area contributed by atoms with Crippen molar-refractivity contribution in [3.05, 3.63) is 46.0 Å². The third-order valence-corrected chi connectivity index (χ3v) is 3.74. The molecule has 2 rings (SSSR count). The molecule has 0 amide bonds. The van der Waals surface area contributed by atoms with Crippen molar-refractivity contribution in [1.82, 2.24) is 4.90 Å². The number of rotatable bonds is 6. The third kappa shape index (κ3) is 3.33. The van der Waals surface area contributed by atoms with Crippen LogP contribution < -0.4 is 0 Å². The highest BCUT2D eigenvalue weighted by molar-refractivity contribution is 5.14. The van der Waals surface area contributed by atoms with Crippen molar-refractivity contribution in [2.75, 3.05) is 27.3 Å². The molecule has 1 aliphatic heterocycles. The highest BCUT2D eigenvalue weighted by atomic mass is 16.7. The molecular formula is C14H20N2O4. The van der Waals surface area contributed by atoms with Gasteiger partial charge in [-0.05, 0) is 5.56 Å². The summed E-state index contributed by atoms with van der Waals surface area (Å²) in [6, 6.07) is 9.31. The first-order valence-corrected chi connectivity index (χ1v) is 6.61. The minimum absolute atomic E-state index is 0.222. The Morgan fingerprint density at radius 2 is 1.95 bits per heavy atom. The Morgan fingerprint density at radius 3 is 2.50 bits per heavy atom. The van der Waals surface area contributed by atoms with Gasteiger partial charge in [0.1, 0.15) is 0 Å². The smallest absolute Gasteiger partial charge is 0.234 e. The predicted molar refractivity (Wildman–Crippen MR) is 73.8 cm³/mol. The van der Waals surface area contributed by atoms with E-state index in [1.54, 1.807) is 0 Å². The lowest BCUT2D eigenvalue weighted by atomic mass is 10.0. The predicted octanol–water partition coefficient (Wildman–Crippen LogP) is 1.38. The fourth-order valence-corrected chi connectivity index (χ4v) is 2.80. The Kier molecular flexibility index (Phi) is 5.05. The highest BCUT2D eigenvalue weighted by Gasteiger charge is 2.45. The van der Waals surface area contributed by atoms with E-state index in [9.17, 15) is 10.1 Å². The number of likely N-dealkylation sites (tertiary alicyclic amines) is 1. The van der Waals surface area contributed by atoms with Gasteiger partial charge in [0.2, 0.25) is 6.04 Å². The molecular weight excluding hydrogens is 260 g/mol. The molecule has 6 nitrogen and oxygen atoms in total. The van der Waals surface area contributed by atoms with E-state index in [2.05, 4.69) is 4.90 Å². The molecule has 0 radical (unpaired) electrons. The minimum Gasteiger partial charge on any atom is -0.355 e. The Labute approximate surface area is 118 Å². The molecule has 1 aromatic carbocycles. The quantitative estimate of drug-likeness (QED) is 0.447. The summed E-state index contributed by atoms with van der Waals surface area (Å²) in [6.45, 7) is 1.74. The van der Waals surface area contributed by atoms with Crippen molar-refractivity contribution < 1.29 is 14.4 Å². The standard InChI is InChI=1S/C14H20N2O4/c1-19-14(20-2)12-9-15(10-13(12)16(17)18)8-11-6-4-3-5-7-11/h3-7,12-14H,8-10H2,1-2H3/t12-,13+/m1/s1. The second kappa shape index (κ2) is 6.78. The van der Waals surface area contributed by atoms with Crippen molar-refractivity contribution in [2.45, 2.75) is 18.9 Å². The Bertz CT molecular complexity index is 436. The van der Waals surface area contributed by atoms with Gasteiger partial charge in [0.25, 0.3) is 0 Å². The van der Waals surface area contributed by atoms with Crippen molar-refractivity contribution >= 4 is 0 Å². The van der Waals surface area contributed by atoms with Crippen LogP contribution in [0.3, 0.4) is 0 Å². The van der Waals surface area contributed by atoms with Crippen LogP contribution >= 0.6 is 0 Å². The molecule has 0 saturated carbocycles. The summed E-state index contributed by atoms with van der Waals surface area (Å²) in [5.41, 5.74) is 1.15. The first-order valence-electron chi connectivity index (χ1n) is 6.61. The molecule has 2 atom stereocenters. The zero-order valence-corrected chi connectivity index (χ0v) is 11.8. The van der Waals surface area contributed by atoms with Crippen LogP contribution in [0.1, 0.15) is 5.56 Å². The summed E-state index contributed by atoms with van der Waals surface area (Å²) in [4.78, 5) is 13.1. The van der Waals surface area contributed by atoms with Gasteiger partial charge >= 0.3 is 0 Å². The molecule has 110 valence electrons. The van der Waals surface area contributed by atoms with Crippen LogP contribution in [-0.4, -0.2) is 49.5 Å². The molecule has 0 spiro atoms. The van der Waals surface area contributed by atoms with E-state index in [1.165, 1.54) is 14.2 Å². The maximum absolute atomic E-state index is 11.2. The molecule has 0 bridgehead atoms. The summed E-state index contributed by atoms with van der Waals surface area (Å²) in [5, 5.41) is 11.2. The van der Waals surface area contributed by atoms with Crippen LogP contribution in [0.2, 0.25) is 0 Å². The van der Waals surface area contributed by atoms with E-state index in [4.69, 9.17) is 9.47 Å². The number of hydrogen-bond donors (Lipinski definition) is 0. The van der Waals surface area contributed by atoms with Crippen LogP contribution in [0, 0.1) is 16.0 Å². The highest BCUT2D eigenvalue weighted by Crippen LogP contribution is 2.26. The van der Waals surface area contributed by atoms with E-state index in [1.807, 2.05) is 30.3 Å². The maximum atomic E-state index is 11.2. The Balaban J connectivity index is 2.06. The number of hydrogen-bond acceptors (Lipinski definition) is 5. The van der Waals surface area contributed by atoms with E-state index >= 15 is 0 Å². The van der Waals surface area contributed by atoms with Gasteiger partial charge in [0.05, 0.1) is 12.5 Å². The summed E-state index contributed by atoms with van der Waals surface area (Å²) >= 11 is 0. The van der Waals surface area contributed by atoms with Gasteiger partial charge in [-0.2, -0.15) is 0 Å². The zero-order valence-electron chi connectivity index (χ0n) is 11.8. The topological polar surface area (TPSA) is 64.8 Å². The fraction of sp³-hybridized carbons (Fsp3) is 0.571. The zero-order chi connectivity index (χ0) is 14.5. The second-order valence-corrected chi connectivity index (χ2v) is 5.04. The van der Waals surface area contributed by atoms with E-state index in [0.717, 1.165) is 5.56 Å². The van der Waals surface area contributed by atoms with Crippen LogP contribution in [-0.2, 0) is 16.0 Å². The Morgan fingerprint density at radius 1 is 1.30 bits per heavy atom. The normalized spacial score (nSPS) is 23.4. The molecule has 0 unspecified atom stereocenters. The summed E-state index contributed by atoms with van der Waals surface area (Å²) in [7, 11) is 3.04. The monoisotopic (exact) mass is 280 g/mol. The molecule has 0 aliphatic carbocycles. The molecule has 1 fully saturated rings. The van der Waals surface area contributed by atoms with Crippen LogP contribution in [0.15, 0.2) is 30.3 Å². The van der Waals surface area contributed by atoms with Crippen LogP contribution in [0.25, 0.3) is 0 Å². The first kappa shape index (κ1) is 14.9. The van der Waals surface area contributed by atoms with Crippen molar-refractivity contribution in [3.63, 3.8) is 0 Å². The maximum Gasteiger partial charge on any atom is 0.234 e. The minimum atomic E-state index is -0.649. The lowest BCUT2D eigenvalue weighted by molar-refractivity contribution is -0.530. The molecule has 6 heteroatoms. The van der Waals surface area contributed by atoms with Crippen LogP contribution in [0.5, 0.6) is 0 Å². The first-order chi connectivity index (χ1) is 9.65. The number of methoxy groups -OCH3 is 2. The summed E-state index contributed by atoms with van der Waals surface area (Å²) < 4.78 is 10.4. The second-order valence-electron chi connectivity index (χ2n) is 5.04. The van der Waals surface area contributed by atoms with Gasteiger partial charge in [-0.1, -0.05) is 30.3 Å². The van der Waals surface area contributed by atoms with E-state index in [0.29, 0.717) is 19.6 Å². The number of benzene rings is 1. The molecule has 1 saturated heterocycles. The van der Waals surface area contributed by atoms with Gasteiger partial charge in [-0.3, -0.25) is 15.0 Å². The van der Waals surface area contributed by atoms with Gasteiger partial charge in [0.15, 0.2) is 6.29 Å². The number of ether oxygens (including phenoxy) is 2. The van der Waals surface area contributed by atoms with Crippen LogP contribution in [0.4, 0.5) is 0 Å². The fourth-order valence-electron chi connectivity index (χ4n) is 2.80. The lowest BCUT2D eigenvalue weighted by Crippen LogP contribution is -2.37. The SMILES string of the molecule is COC(OC)[C@@H]1CN(Cc2ccccc2)C[C@@H]1[N+](=O)[O-]. The van der Waals surface area contributed by atoms with Crippen molar-refractivity contribution in [1.29, 1.82) is 0 Å². The number of nitro groups is 1. The molecule has 20 heavy (non-hydrogen) atoms. The van der Waals surface area contributed by atoms with Gasteiger partial charge in [0, 0.05) is 32.2 Å². The van der Waals surface area contributed by atoms with Gasteiger partial charge < -0.3 is 9.47 Å². The molecule has 1 aliphatic rings. The third-order valence-electron chi connectivity index (χ3n) is 3.74. The van der Waals surface area contributed by atoms with E-state index < -0.39 is 12.3 Å². The molecule has 1 heterocycles. The lowest BCUT2D eigenvalue weighted by Gasteiger charge is -2.21. The van der Waals surface area contributed by atoms with Crippen molar-refractivity contribution in [3.8, 4) is 0 Å². The average molecular weight is 280 g/mol. The van der Waals surface area contributed by atoms with Crippen molar-refractivity contribution in [2.24, 2.45) is 5.92 Å². The number of nitrogens with zero attached hydrogens (tertiary/aromatic N) is 2.